The molecule has 2 aromatic heterocycles. The summed E-state index contributed by atoms with van der Waals surface area (Å²) in [6.07, 6.45) is 6.88. The van der Waals surface area contributed by atoms with E-state index in [0.717, 1.165) is 47.9 Å². The highest BCUT2D eigenvalue weighted by atomic mass is 79.9. The number of benzene rings is 4. The summed E-state index contributed by atoms with van der Waals surface area (Å²) >= 11 is 6.03. The molecule has 0 spiro atoms. The van der Waals surface area contributed by atoms with Gasteiger partial charge in [0.1, 0.15) is 51.4 Å². The molecule has 0 bridgehead atoms. The first-order chi connectivity index (χ1) is 31.8. The molecule has 16 heteroatoms. The van der Waals surface area contributed by atoms with E-state index in [1.807, 2.05) is 54.6 Å². The third-order valence-electron chi connectivity index (χ3n) is 11.4. The van der Waals surface area contributed by atoms with Crippen LogP contribution in [0.5, 0.6) is 5.75 Å². The number of thioether (sulfide) groups is 1. The fraction of sp³-hybridized carbons (Fsp3) is 0.224. The smallest absolute Gasteiger partial charge is 0.355 e. The molecule has 4 heterocycles. The highest BCUT2D eigenvalue weighted by Gasteiger charge is 2.54. The van der Waals surface area contributed by atoms with Crippen LogP contribution in [-0.4, -0.2) is 68.9 Å². The van der Waals surface area contributed by atoms with Gasteiger partial charge in [-0.2, -0.15) is 0 Å². The van der Waals surface area contributed by atoms with Crippen LogP contribution in [0.3, 0.4) is 0 Å². The van der Waals surface area contributed by atoms with Gasteiger partial charge >= 0.3 is 5.97 Å². The number of carbonyl (C=O) groups is 3. The van der Waals surface area contributed by atoms with E-state index in [2.05, 4.69) is 73.3 Å². The maximum Gasteiger partial charge on any atom is 0.355 e. The molecule has 2 amide bonds. The molecule has 0 unspecified atom stereocenters. The molecule has 65 heavy (non-hydrogen) atoms. The molecule has 6 aromatic rings. The van der Waals surface area contributed by atoms with Crippen molar-refractivity contribution in [1.82, 2.24) is 20.4 Å². The van der Waals surface area contributed by atoms with Gasteiger partial charge in [-0.15, -0.1) is 23.1 Å². The molecule has 1 saturated carbocycles. The van der Waals surface area contributed by atoms with Gasteiger partial charge in [-0.1, -0.05) is 120 Å². The van der Waals surface area contributed by atoms with Crippen molar-refractivity contribution in [3.63, 3.8) is 0 Å². The monoisotopic (exact) mass is 970 g/mol. The summed E-state index contributed by atoms with van der Waals surface area (Å²) < 4.78 is 16.9. The largest absolute Gasteiger partial charge is 0.497 e. The van der Waals surface area contributed by atoms with Crippen molar-refractivity contribution in [3.05, 3.63) is 182 Å². The van der Waals surface area contributed by atoms with E-state index in [1.54, 1.807) is 55.0 Å². The number of carbonyl (C=O) groups excluding carboxylic acids is 3. The normalized spacial score (nSPS) is 17.7. The van der Waals surface area contributed by atoms with E-state index in [-0.39, 0.29) is 29.8 Å². The summed E-state index contributed by atoms with van der Waals surface area (Å²) in [6, 6.07) is 38.3. The molecule has 330 valence electrons. The van der Waals surface area contributed by atoms with Crippen LogP contribution in [0.1, 0.15) is 59.4 Å². The average Bonchev–Trinajstić information content (AvgIpc) is 4.15. The van der Waals surface area contributed by atoms with Crippen LogP contribution in [-0.2, 0) is 36.1 Å². The number of nitrogens with one attached hydrogen (secondary N) is 2. The summed E-state index contributed by atoms with van der Waals surface area (Å²) in [4.78, 5) is 55.0. The Bertz CT molecular complexity index is 2640. The first-order valence-corrected chi connectivity index (χ1v) is 23.8. The number of rotatable bonds is 16. The summed E-state index contributed by atoms with van der Waals surface area (Å²) in [5, 5.41) is 16.7. The van der Waals surface area contributed by atoms with Crippen LogP contribution in [0.2, 0.25) is 0 Å². The number of thiazole rings is 1. The summed E-state index contributed by atoms with van der Waals surface area (Å²) in [6.45, 7) is -0.0349. The van der Waals surface area contributed by atoms with Gasteiger partial charge in [0, 0.05) is 17.2 Å². The lowest BCUT2D eigenvalue weighted by Crippen LogP contribution is -2.71. The van der Waals surface area contributed by atoms with Gasteiger partial charge in [-0.3, -0.25) is 14.5 Å². The van der Waals surface area contributed by atoms with Crippen molar-refractivity contribution in [1.29, 1.82) is 0 Å². The molecule has 2 fully saturated rings. The van der Waals surface area contributed by atoms with E-state index in [9.17, 15) is 14.4 Å². The van der Waals surface area contributed by atoms with Crippen molar-refractivity contribution in [3.8, 4) is 5.75 Å². The molecular formula is C49H43BrN6O7S2. The molecule has 3 aliphatic rings. The zero-order valence-electron chi connectivity index (χ0n) is 35.1. The van der Waals surface area contributed by atoms with Crippen LogP contribution in [0.4, 0.5) is 5.13 Å². The van der Waals surface area contributed by atoms with Crippen molar-refractivity contribution < 1.29 is 33.2 Å². The van der Waals surface area contributed by atoms with E-state index in [0.29, 0.717) is 32.6 Å². The van der Waals surface area contributed by atoms with Crippen molar-refractivity contribution in [2.75, 3.05) is 18.2 Å². The average molecular weight is 972 g/mol. The quantitative estimate of drug-likeness (QED) is 0.0314. The topological polar surface area (TPSA) is 157 Å². The number of amides is 2. The molecule has 2 atom stereocenters. The summed E-state index contributed by atoms with van der Waals surface area (Å²) in [7, 11) is 1.58. The number of β-lactam (4-membered cyclic amide) rings is 1. The van der Waals surface area contributed by atoms with Gasteiger partial charge in [0.05, 0.1) is 7.11 Å². The van der Waals surface area contributed by atoms with Crippen molar-refractivity contribution in [2.45, 2.75) is 55.3 Å². The minimum absolute atomic E-state index is 0.0349. The van der Waals surface area contributed by atoms with E-state index in [4.69, 9.17) is 23.8 Å². The molecule has 13 nitrogen and oxygen atoms in total. The molecule has 1 aliphatic carbocycles. The van der Waals surface area contributed by atoms with Crippen molar-refractivity contribution in [2.24, 2.45) is 5.16 Å². The molecule has 9 rings (SSSR count). The number of oxime groups is 1. The predicted octanol–water partition coefficient (Wildman–Crippen LogP) is 9.08. The highest BCUT2D eigenvalue weighted by Crippen LogP contribution is 2.43. The van der Waals surface area contributed by atoms with Crippen LogP contribution < -0.4 is 15.4 Å². The first kappa shape index (κ1) is 43.7. The number of esters is 1. The Kier molecular flexibility index (Phi) is 13.3. The second kappa shape index (κ2) is 19.7. The zero-order chi connectivity index (χ0) is 44.8. The number of nitrogens with zero attached hydrogens (tertiary/aromatic N) is 4. The minimum Gasteiger partial charge on any atom is -0.497 e. The van der Waals surface area contributed by atoms with Crippen LogP contribution in [0, 0.1) is 0 Å². The Morgan fingerprint density at radius 1 is 0.923 bits per heavy atom. The molecule has 2 aliphatic heterocycles. The van der Waals surface area contributed by atoms with Crippen LogP contribution >= 0.6 is 39.0 Å². The number of methoxy groups -OCH3 is 1. The van der Waals surface area contributed by atoms with E-state index >= 15 is 0 Å². The lowest BCUT2D eigenvalue weighted by Gasteiger charge is -2.49. The number of anilines is 1. The third kappa shape index (κ3) is 9.37. The molecule has 2 N–H and O–H groups in total. The number of hydrogen-bond acceptors (Lipinski definition) is 13. The second-order valence-corrected chi connectivity index (χ2v) is 18.3. The Balaban J connectivity index is 0.993. The summed E-state index contributed by atoms with van der Waals surface area (Å²) in [5.41, 5.74) is 3.70. The van der Waals surface area contributed by atoms with Crippen LogP contribution in [0.15, 0.2) is 158 Å². The number of fused-ring (bicyclic) bond motifs is 1. The van der Waals surface area contributed by atoms with Gasteiger partial charge in [0.15, 0.2) is 16.6 Å². The molecule has 4 aromatic carbocycles. The number of halogens is 1. The predicted molar refractivity (Wildman–Crippen MR) is 253 cm³/mol. The lowest BCUT2D eigenvalue weighted by molar-refractivity contribution is -0.153. The Labute approximate surface area is 392 Å². The van der Waals surface area contributed by atoms with Gasteiger partial charge in [0.25, 0.3) is 11.8 Å². The van der Waals surface area contributed by atoms with Gasteiger partial charge in [-0.05, 0) is 87.6 Å². The van der Waals surface area contributed by atoms with Crippen LogP contribution in [0.25, 0.3) is 6.08 Å². The second-order valence-electron chi connectivity index (χ2n) is 15.5. The number of hydrogen-bond donors (Lipinski definition) is 2. The fourth-order valence-electron chi connectivity index (χ4n) is 8.14. The molecular weight excluding hydrogens is 929 g/mol. The molecule has 1 saturated heterocycles. The highest BCUT2D eigenvalue weighted by molar-refractivity contribution is 9.10. The SMILES string of the molecule is COc1ccc(COC(=O)C2=C(/C=C/c3cc(Br)no3)CS[C@@H]3[C@H](NC(=O)/C(=N\OC4CCCC4)c4csc(NC(c5ccccc5)(c5ccccc5)c5ccccc5)n4)C(=O)N23)cc1. The number of aromatic nitrogens is 2. The third-order valence-corrected chi connectivity index (χ3v) is 13.9. The Hall–Kier alpha value is -6.49. The van der Waals surface area contributed by atoms with Crippen molar-refractivity contribution >= 4 is 73.7 Å². The van der Waals surface area contributed by atoms with E-state index in [1.165, 1.54) is 28.0 Å². The first-order valence-electron chi connectivity index (χ1n) is 21.0. The maximum absolute atomic E-state index is 14.5. The molecule has 0 radical (unpaired) electrons. The lowest BCUT2D eigenvalue weighted by atomic mass is 9.77. The Morgan fingerprint density at radius 3 is 2.17 bits per heavy atom. The summed E-state index contributed by atoms with van der Waals surface area (Å²) in [5.74, 6) is -0.348. The number of allylic oxidation sites excluding steroid dienone is 1. The standard InChI is InChI=1S/C49H43BrN6O7S2/c1-60-36-24-21-31(22-25-36)28-61-47(59)43-32(23-26-38-27-40(50)54-63-38)29-64-46-42(45(58)56(43)46)52-44(57)41(55-62-37-19-11-12-20-37)39-30-65-48(51-39)53-49(33-13-5-2-6-14-33,34-15-7-3-8-16-34)35-17-9-4-10-18-35/h2-10,13-18,21-27,30,37,42,46H,11-12,19-20,28-29H2,1H3,(H,51,53)(H,52,57)/b26-23+,55-41-/t42-,46-/m1/s1. The van der Waals surface area contributed by atoms with E-state index < -0.39 is 34.7 Å². The zero-order valence-corrected chi connectivity index (χ0v) is 38.3. The van der Waals surface area contributed by atoms with Gasteiger partial charge in [-0.25, -0.2) is 9.78 Å². The Morgan fingerprint density at radius 2 is 1.57 bits per heavy atom. The van der Waals surface area contributed by atoms with Gasteiger partial charge in [0.2, 0.25) is 0 Å². The number of ether oxygens (including phenoxy) is 2. The minimum atomic E-state index is -0.984. The van der Waals surface area contributed by atoms with Gasteiger partial charge < -0.3 is 29.5 Å². The maximum atomic E-state index is 14.5. The fourth-order valence-corrected chi connectivity index (χ4v) is 10.5.